The predicted octanol–water partition coefficient (Wildman–Crippen LogP) is 3.83. The third kappa shape index (κ3) is 2.43. The van der Waals surface area contributed by atoms with E-state index in [2.05, 4.69) is 17.0 Å². The lowest BCUT2D eigenvalue weighted by molar-refractivity contribution is 0.403. The standard InChI is InChI=1S/C14H20N2OS2/c1-17-12-9-5-8-11-13(12)18-14(19-15)16(11)10-6-3-2-4-7-10/h5,8-10,14H,2-4,6-7,15H2,1H3. The topological polar surface area (TPSA) is 38.5 Å². The van der Waals surface area contributed by atoms with Crippen LogP contribution in [0.1, 0.15) is 32.1 Å². The molecule has 0 saturated heterocycles. The van der Waals surface area contributed by atoms with Gasteiger partial charge in [-0.1, -0.05) is 37.1 Å². The number of anilines is 1. The molecule has 19 heavy (non-hydrogen) atoms. The Hall–Kier alpha value is -0.520. The molecule has 0 bridgehead atoms. The zero-order chi connectivity index (χ0) is 13.2. The molecule has 104 valence electrons. The molecule has 1 fully saturated rings. The number of fused-ring (bicyclic) bond motifs is 1. The van der Waals surface area contributed by atoms with Crippen molar-refractivity contribution in [2.75, 3.05) is 12.0 Å². The fraction of sp³-hybridized carbons (Fsp3) is 0.571. The number of methoxy groups -OCH3 is 1. The molecule has 1 aromatic carbocycles. The minimum absolute atomic E-state index is 0.286. The summed E-state index contributed by atoms with van der Waals surface area (Å²) in [7, 11) is 1.74. The van der Waals surface area contributed by atoms with Crippen LogP contribution in [-0.2, 0) is 0 Å². The van der Waals surface area contributed by atoms with Crippen LogP contribution in [0.25, 0.3) is 0 Å². The summed E-state index contributed by atoms with van der Waals surface area (Å²) in [6, 6.07) is 6.96. The van der Waals surface area contributed by atoms with Gasteiger partial charge in [-0.25, -0.2) is 0 Å². The molecule has 0 aromatic heterocycles. The molecule has 1 aromatic rings. The van der Waals surface area contributed by atoms with Crippen LogP contribution in [0.4, 0.5) is 5.69 Å². The zero-order valence-electron chi connectivity index (χ0n) is 11.2. The molecule has 1 aliphatic carbocycles. The van der Waals surface area contributed by atoms with Gasteiger partial charge in [0.05, 0.1) is 17.7 Å². The molecular weight excluding hydrogens is 276 g/mol. The summed E-state index contributed by atoms with van der Waals surface area (Å²) in [5, 5.41) is 5.92. The molecule has 0 amide bonds. The van der Waals surface area contributed by atoms with Crippen molar-refractivity contribution in [1.29, 1.82) is 0 Å². The van der Waals surface area contributed by atoms with Crippen LogP contribution in [0.15, 0.2) is 23.1 Å². The van der Waals surface area contributed by atoms with Crippen molar-refractivity contribution in [2.24, 2.45) is 5.14 Å². The first kappa shape index (κ1) is 13.5. The lowest BCUT2D eigenvalue weighted by Gasteiger charge is -2.36. The average molecular weight is 296 g/mol. The molecule has 1 aliphatic heterocycles. The molecule has 1 unspecified atom stereocenters. The number of thioether (sulfide) groups is 1. The van der Waals surface area contributed by atoms with Gasteiger partial charge in [0.25, 0.3) is 0 Å². The van der Waals surface area contributed by atoms with Gasteiger partial charge in [-0.05, 0) is 36.9 Å². The van der Waals surface area contributed by atoms with Crippen LogP contribution in [0.5, 0.6) is 5.75 Å². The van der Waals surface area contributed by atoms with E-state index < -0.39 is 0 Å². The summed E-state index contributed by atoms with van der Waals surface area (Å²) in [4.78, 5) is 3.77. The summed E-state index contributed by atoms with van der Waals surface area (Å²) in [5.41, 5.74) is 1.30. The van der Waals surface area contributed by atoms with Gasteiger partial charge in [0, 0.05) is 6.04 Å². The Morgan fingerprint density at radius 1 is 1.32 bits per heavy atom. The molecule has 1 saturated carbocycles. The Labute approximate surface area is 123 Å². The SMILES string of the molecule is COc1cccc2c1SC(SN)N2C1CCCCC1. The molecule has 0 spiro atoms. The monoisotopic (exact) mass is 296 g/mol. The van der Waals surface area contributed by atoms with E-state index in [1.165, 1.54) is 54.6 Å². The quantitative estimate of drug-likeness (QED) is 0.858. The number of hydrogen-bond donors (Lipinski definition) is 1. The first-order chi connectivity index (χ1) is 9.35. The minimum atomic E-state index is 0.286. The molecule has 1 heterocycles. The highest BCUT2D eigenvalue weighted by Gasteiger charge is 2.37. The Kier molecular flexibility index (Phi) is 4.15. The van der Waals surface area contributed by atoms with Crippen molar-refractivity contribution < 1.29 is 4.74 Å². The van der Waals surface area contributed by atoms with Crippen molar-refractivity contribution in [3.05, 3.63) is 18.2 Å². The van der Waals surface area contributed by atoms with Crippen molar-refractivity contribution in [1.82, 2.24) is 0 Å². The zero-order valence-corrected chi connectivity index (χ0v) is 12.8. The Bertz CT molecular complexity index is 449. The molecule has 3 nitrogen and oxygen atoms in total. The number of rotatable bonds is 3. The van der Waals surface area contributed by atoms with Crippen LogP contribution in [0, 0.1) is 0 Å². The van der Waals surface area contributed by atoms with Crippen LogP contribution >= 0.6 is 23.7 Å². The van der Waals surface area contributed by atoms with Gasteiger partial charge in [0.15, 0.2) is 0 Å². The van der Waals surface area contributed by atoms with Gasteiger partial charge in [0.1, 0.15) is 10.5 Å². The van der Waals surface area contributed by atoms with Crippen molar-refractivity contribution in [2.45, 2.75) is 47.7 Å². The van der Waals surface area contributed by atoms with E-state index in [-0.39, 0.29) is 4.71 Å². The van der Waals surface area contributed by atoms with Crippen LogP contribution in [-0.4, -0.2) is 17.9 Å². The van der Waals surface area contributed by atoms with Gasteiger partial charge in [-0.15, -0.1) is 0 Å². The second-order valence-electron chi connectivity index (χ2n) is 5.07. The Morgan fingerprint density at radius 3 is 2.79 bits per heavy atom. The number of hydrogen-bond acceptors (Lipinski definition) is 5. The van der Waals surface area contributed by atoms with Gasteiger partial charge < -0.3 is 9.64 Å². The third-order valence-corrected chi connectivity index (χ3v) is 6.14. The maximum Gasteiger partial charge on any atom is 0.141 e. The average Bonchev–Trinajstić information content (AvgIpc) is 2.86. The first-order valence-electron chi connectivity index (χ1n) is 6.82. The maximum absolute atomic E-state index is 5.92. The Morgan fingerprint density at radius 2 is 2.11 bits per heavy atom. The lowest BCUT2D eigenvalue weighted by atomic mass is 9.94. The van der Waals surface area contributed by atoms with Crippen molar-refractivity contribution in [3.63, 3.8) is 0 Å². The normalized spacial score (nSPS) is 23.5. The highest BCUT2D eigenvalue weighted by Crippen LogP contribution is 2.52. The molecule has 1 atom stereocenters. The summed E-state index contributed by atoms with van der Waals surface area (Å²) in [6.45, 7) is 0. The van der Waals surface area contributed by atoms with E-state index in [0.717, 1.165) is 5.75 Å². The maximum atomic E-state index is 5.92. The summed E-state index contributed by atoms with van der Waals surface area (Å²) in [6.07, 6.45) is 6.63. The fourth-order valence-corrected chi connectivity index (χ4v) is 5.17. The number of nitrogens with two attached hydrogens (primary N) is 1. The fourth-order valence-electron chi connectivity index (χ4n) is 3.08. The number of benzene rings is 1. The summed E-state index contributed by atoms with van der Waals surface area (Å²) < 4.78 is 5.77. The highest BCUT2D eigenvalue weighted by atomic mass is 32.2. The predicted molar refractivity (Wildman–Crippen MR) is 83.8 cm³/mol. The lowest BCUT2D eigenvalue weighted by Crippen LogP contribution is -2.39. The first-order valence-corrected chi connectivity index (χ1v) is 8.65. The van der Waals surface area contributed by atoms with Gasteiger partial charge >= 0.3 is 0 Å². The van der Waals surface area contributed by atoms with E-state index in [9.17, 15) is 0 Å². The highest BCUT2D eigenvalue weighted by molar-refractivity contribution is 8.16. The molecule has 2 N–H and O–H groups in total. The summed E-state index contributed by atoms with van der Waals surface area (Å²) in [5.74, 6) is 0.972. The van der Waals surface area contributed by atoms with E-state index in [4.69, 9.17) is 9.88 Å². The molecule has 3 rings (SSSR count). The summed E-state index contributed by atoms with van der Waals surface area (Å²) >= 11 is 3.27. The van der Waals surface area contributed by atoms with Crippen LogP contribution in [0.3, 0.4) is 0 Å². The van der Waals surface area contributed by atoms with Crippen LogP contribution < -0.4 is 14.8 Å². The largest absolute Gasteiger partial charge is 0.496 e. The van der Waals surface area contributed by atoms with Crippen LogP contribution in [0.2, 0.25) is 0 Å². The third-order valence-electron chi connectivity index (χ3n) is 3.99. The van der Waals surface area contributed by atoms with E-state index in [1.807, 2.05) is 17.8 Å². The molecule has 5 heteroatoms. The van der Waals surface area contributed by atoms with Crippen molar-refractivity contribution >= 4 is 29.4 Å². The van der Waals surface area contributed by atoms with Crippen molar-refractivity contribution in [3.8, 4) is 5.75 Å². The Balaban J connectivity index is 1.94. The minimum Gasteiger partial charge on any atom is -0.496 e. The smallest absolute Gasteiger partial charge is 0.141 e. The van der Waals surface area contributed by atoms with Gasteiger partial charge in [-0.3, -0.25) is 5.14 Å². The second-order valence-corrected chi connectivity index (χ2v) is 7.18. The van der Waals surface area contributed by atoms with E-state index >= 15 is 0 Å². The van der Waals surface area contributed by atoms with E-state index in [0.29, 0.717) is 6.04 Å². The second kappa shape index (κ2) is 5.85. The van der Waals surface area contributed by atoms with E-state index in [1.54, 1.807) is 7.11 Å². The van der Waals surface area contributed by atoms with Gasteiger partial charge in [0.2, 0.25) is 0 Å². The molecule has 2 aliphatic rings. The van der Waals surface area contributed by atoms with Gasteiger partial charge in [-0.2, -0.15) is 0 Å². The molecule has 0 radical (unpaired) electrons. The molecular formula is C14H20N2OS2. The number of nitrogens with zero attached hydrogens (tertiary/aromatic N) is 1. The number of ether oxygens (including phenoxy) is 1.